The van der Waals surface area contributed by atoms with Gasteiger partial charge in [0.25, 0.3) is 0 Å². The van der Waals surface area contributed by atoms with Crippen LogP contribution in [0.1, 0.15) is 12.0 Å². The number of rotatable bonds is 4. The SMILES string of the molecule is O=C1O[C@@H](Cn2cncn2)CN1c1cc(F)c(C2=CCNCC2)c(F)c1. The molecule has 26 heavy (non-hydrogen) atoms. The molecule has 1 N–H and O–H groups in total. The van der Waals surface area contributed by atoms with Crippen molar-refractivity contribution in [2.45, 2.75) is 19.1 Å². The van der Waals surface area contributed by atoms with Crippen LogP contribution in [-0.4, -0.2) is 46.6 Å². The van der Waals surface area contributed by atoms with E-state index in [1.54, 1.807) is 6.08 Å². The zero-order valence-corrected chi connectivity index (χ0v) is 13.9. The molecule has 1 aromatic carbocycles. The number of cyclic esters (lactones) is 1. The fourth-order valence-electron chi connectivity index (χ4n) is 3.24. The minimum atomic E-state index is -0.680. The quantitative estimate of drug-likeness (QED) is 0.901. The first-order chi connectivity index (χ1) is 12.6. The molecule has 1 aromatic heterocycles. The Morgan fingerprint density at radius 1 is 1.31 bits per heavy atom. The van der Waals surface area contributed by atoms with E-state index in [-0.39, 0.29) is 17.8 Å². The highest BCUT2D eigenvalue weighted by atomic mass is 19.1. The molecule has 2 aliphatic rings. The summed E-state index contributed by atoms with van der Waals surface area (Å²) < 4.78 is 36.0. The van der Waals surface area contributed by atoms with Gasteiger partial charge < -0.3 is 10.1 Å². The van der Waals surface area contributed by atoms with Crippen LogP contribution in [-0.2, 0) is 11.3 Å². The van der Waals surface area contributed by atoms with E-state index >= 15 is 0 Å². The summed E-state index contributed by atoms with van der Waals surface area (Å²) in [6, 6.07) is 2.36. The first-order valence-corrected chi connectivity index (χ1v) is 8.31. The molecule has 1 atom stereocenters. The van der Waals surface area contributed by atoms with Crippen molar-refractivity contribution in [1.82, 2.24) is 20.1 Å². The molecule has 4 rings (SSSR count). The van der Waals surface area contributed by atoms with Crippen molar-refractivity contribution in [3.8, 4) is 0 Å². The number of nitrogens with one attached hydrogen (secondary N) is 1. The molecule has 0 saturated carbocycles. The minimum Gasteiger partial charge on any atom is -0.442 e. The smallest absolute Gasteiger partial charge is 0.414 e. The van der Waals surface area contributed by atoms with E-state index in [0.29, 0.717) is 31.6 Å². The summed E-state index contributed by atoms with van der Waals surface area (Å²) in [4.78, 5) is 17.2. The van der Waals surface area contributed by atoms with Crippen molar-refractivity contribution in [1.29, 1.82) is 0 Å². The number of benzene rings is 1. The van der Waals surface area contributed by atoms with Gasteiger partial charge in [-0.3, -0.25) is 4.90 Å². The number of anilines is 1. The Labute approximate surface area is 148 Å². The minimum absolute atomic E-state index is 0.0259. The van der Waals surface area contributed by atoms with Gasteiger partial charge in [-0.05, 0) is 30.7 Å². The molecule has 7 nitrogen and oxygen atoms in total. The van der Waals surface area contributed by atoms with Gasteiger partial charge in [0, 0.05) is 12.1 Å². The lowest BCUT2D eigenvalue weighted by Crippen LogP contribution is -2.26. The first kappa shape index (κ1) is 16.6. The van der Waals surface area contributed by atoms with Crippen molar-refractivity contribution >= 4 is 17.4 Å². The highest BCUT2D eigenvalue weighted by molar-refractivity contribution is 5.90. The summed E-state index contributed by atoms with van der Waals surface area (Å²) in [6.07, 6.45) is 4.12. The van der Waals surface area contributed by atoms with Crippen LogP contribution in [0.4, 0.5) is 19.3 Å². The van der Waals surface area contributed by atoms with Crippen LogP contribution in [0.2, 0.25) is 0 Å². The highest BCUT2D eigenvalue weighted by Gasteiger charge is 2.34. The molecule has 0 radical (unpaired) electrons. The molecule has 0 spiro atoms. The van der Waals surface area contributed by atoms with E-state index in [1.165, 1.54) is 34.4 Å². The van der Waals surface area contributed by atoms with E-state index < -0.39 is 23.8 Å². The molecule has 1 amide bonds. The summed E-state index contributed by atoms with van der Waals surface area (Å²) >= 11 is 0. The number of halogens is 2. The fourth-order valence-corrected chi connectivity index (χ4v) is 3.24. The zero-order chi connectivity index (χ0) is 18.1. The summed E-state index contributed by atoms with van der Waals surface area (Å²) in [6.45, 7) is 1.77. The lowest BCUT2D eigenvalue weighted by Gasteiger charge is -2.18. The van der Waals surface area contributed by atoms with E-state index in [2.05, 4.69) is 15.4 Å². The Kier molecular flexibility index (Phi) is 4.37. The highest BCUT2D eigenvalue weighted by Crippen LogP contribution is 2.31. The lowest BCUT2D eigenvalue weighted by molar-refractivity contribution is 0.129. The van der Waals surface area contributed by atoms with Crippen LogP contribution in [0, 0.1) is 11.6 Å². The molecule has 1 saturated heterocycles. The second kappa shape index (κ2) is 6.83. The van der Waals surface area contributed by atoms with Gasteiger partial charge >= 0.3 is 6.09 Å². The second-order valence-electron chi connectivity index (χ2n) is 6.20. The molecule has 1 fully saturated rings. The molecule has 2 aromatic rings. The number of carbonyl (C=O) groups is 1. The summed E-state index contributed by atoms with van der Waals surface area (Å²) in [5, 5.41) is 7.06. The third kappa shape index (κ3) is 3.17. The lowest BCUT2D eigenvalue weighted by atomic mass is 9.98. The predicted octanol–water partition coefficient (Wildman–Crippen LogP) is 1.96. The van der Waals surface area contributed by atoms with E-state index in [0.717, 1.165) is 0 Å². The summed E-state index contributed by atoms with van der Waals surface area (Å²) in [5.41, 5.74) is 0.754. The largest absolute Gasteiger partial charge is 0.442 e. The van der Waals surface area contributed by atoms with Crippen LogP contribution in [0.25, 0.3) is 5.57 Å². The van der Waals surface area contributed by atoms with Crippen LogP contribution >= 0.6 is 0 Å². The molecule has 2 aliphatic heterocycles. The number of aromatic nitrogens is 3. The molecule has 0 bridgehead atoms. The molecule has 0 aliphatic carbocycles. The van der Waals surface area contributed by atoms with E-state index in [1.807, 2.05) is 0 Å². The van der Waals surface area contributed by atoms with Crippen LogP contribution in [0.15, 0.2) is 30.9 Å². The number of hydrogen-bond donors (Lipinski definition) is 1. The van der Waals surface area contributed by atoms with Crippen LogP contribution in [0.3, 0.4) is 0 Å². The van der Waals surface area contributed by atoms with Crippen molar-refractivity contribution in [3.63, 3.8) is 0 Å². The number of amides is 1. The average molecular weight is 361 g/mol. The average Bonchev–Trinajstić information content (AvgIpc) is 3.25. The maximum atomic E-state index is 14.6. The van der Waals surface area contributed by atoms with Gasteiger partial charge in [-0.25, -0.2) is 23.2 Å². The Morgan fingerprint density at radius 3 is 2.77 bits per heavy atom. The van der Waals surface area contributed by atoms with Gasteiger partial charge in [0.15, 0.2) is 0 Å². The third-order valence-electron chi connectivity index (χ3n) is 4.45. The number of nitrogens with zero attached hydrogens (tertiary/aromatic N) is 4. The zero-order valence-electron chi connectivity index (χ0n) is 13.9. The van der Waals surface area contributed by atoms with Crippen molar-refractivity contribution in [2.24, 2.45) is 0 Å². The summed E-state index contributed by atoms with van der Waals surface area (Å²) in [5.74, 6) is -1.36. The Bertz CT molecular complexity index is 830. The maximum Gasteiger partial charge on any atom is 0.414 e. The topological polar surface area (TPSA) is 72.3 Å². The fraction of sp³-hybridized carbons (Fsp3) is 0.353. The van der Waals surface area contributed by atoms with Gasteiger partial charge in [0.05, 0.1) is 18.8 Å². The molecular formula is C17H17F2N5O2. The predicted molar refractivity (Wildman–Crippen MR) is 89.5 cm³/mol. The Balaban J connectivity index is 1.56. The first-order valence-electron chi connectivity index (χ1n) is 8.31. The second-order valence-corrected chi connectivity index (χ2v) is 6.20. The Hall–Kier alpha value is -2.81. The monoisotopic (exact) mass is 361 g/mol. The van der Waals surface area contributed by atoms with Crippen molar-refractivity contribution in [3.05, 3.63) is 48.1 Å². The molecule has 3 heterocycles. The maximum absolute atomic E-state index is 14.6. The Morgan fingerprint density at radius 2 is 2.12 bits per heavy atom. The van der Waals surface area contributed by atoms with Crippen LogP contribution < -0.4 is 10.2 Å². The summed E-state index contributed by atoms with van der Waals surface area (Å²) in [7, 11) is 0. The molecule has 0 unspecified atom stereocenters. The van der Waals surface area contributed by atoms with Crippen LogP contribution in [0.5, 0.6) is 0 Å². The van der Waals surface area contributed by atoms with E-state index in [9.17, 15) is 13.6 Å². The standard InChI is InChI=1S/C17H17F2N5O2/c18-14-5-12(6-15(19)16(14)11-1-3-20-4-2-11)24-8-13(26-17(24)25)7-23-10-21-9-22-23/h1,5-6,9-10,13,20H,2-4,7-8H2/t13-/m0/s1. The molecule has 9 heteroatoms. The van der Waals surface area contributed by atoms with Crippen molar-refractivity contribution in [2.75, 3.05) is 24.5 Å². The number of hydrogen-bond acceptors (Lipinski definition) is 5. The van der Waals surface area contributed by atoms with Gasteiger partial charge in [-0.1, -0.05) is 6.08 Å². The number of ether oxygens (including phenoxy) is 1. The number of carbonyl (C=O) groups excluding carboxylic acids is 1. The normalized spacial score (nSPS) is 20.2. The van der Waals surface area contributed by atoms with Gasteiger partial charge in [0.1, 0.15) is 30.4 Å². The van der Waals surface area contributed by atoms with Crippen molar-refractivity contribution < 1.29 is 18.3 Å². The van der Waals surface area contributed by atoms with Gasteiger partial charge in [0.2, 0.25) is 0 Å². The van der Waals surface area contributed by atoms with Gasteiger partial charge in [-0.2, -0.15) is 5.10 Å². The molecular weight excluding hydrogens is 344 g/mol. The van der Waals surface area contributed by atoms with E-state index in [4.69, 9.17) is 4.74 Å². The van der Waals surface area contributed by atoms with Gasteiger partial charge in [-0.15, -0.1) is 0 Å². The third-order valence-corrected chi connectivity index (χ3v) is 4.45. The molecule has 136 valence electrons.